The van der Waals surface area contributed by atoms with Gasteiger partial charge in [-0.3, -0.25) is 14.9 Å². The van der Waals surface area contributed by atoms with Crippen LogP contribution in [-0.2, 0) is 22.7 Å². The molecular weight excluding hydrogens is 280 g/mol. The first kappa shape index (κ1) is 14.4. The fraction of sp³-hybridized carbons (Fsp3) is 0.250. The van der Waals surface area contributed by atoms with Crippen LogP contribution in [-0.4, -0.2) is 33.0 Å². The third-order valence-electron chi connectivity index (χ3n) is 2.54. The summed E-state index contributed by atoms with van der Waals surface area (Å²) >= 11 is 0. The van der Waals surface area contributed by atoms with Crippen LogP contribution >= 0.6 is 0 Å². The summed E-state index contributed by atoms with van der Waals surface area (Å²) in [6, 6.07) is 5.70. The molecule has 0 unspecified atom stereocenters. The van der Waals surface area contributed by atoms with E-state index in [0.29, 0.717) is 11.4 Å². The highest BCUT2D eigenvalue weighted by Gasteiger charge is 2.07. The molecule has 0 N–H and O–H groups in total. The molecule has 0 fully saturated rings. The fourth-order valence-electron chi connectivity index (χ4n) is 1.50. The Balaban J connectivity index is 1.90. The molecule has 110 valence electrons. The lowest BCUT2D eigenvalue weighted by Crippen LogP contribution is -2.11. The number of non-ortho nitro benzene ring substituents is 1. The van der Waals surface area contributed by atoms with Crippen LogP contribution < -0.4 is 4.74 Å². The highest BCUT2D eigenvalue weighted by molar-refractivity contribution is 5.68. The van der Waals surface area contributed by atoms with Gasteiger partial charge in [-0.2, -0.15) is 0 Å². The minimum Gasteiger partial charge on any atom is -0.487 e. The second kappa shape index (κ2) is 6.46. The van der Waals surface area contributed by atoms with E-state index in [9.17, 15) is 14.9 Å². The predicted octanol–water partition coefficient (Wildman–Crippen LogP) is 0.938. The molecule has 0 aliphatic carbocycles. The summed E-state index contributed by atoms with van der Waals surface area (Å²) in [7, 11) is 1.29. The molecule has 0 bridgehead atoms. The number of carbonyl (C=O) groups excluding carboxylic acids is 1. The second-order valence-corrected chi connectivity index (χ2v) is 4.02. The lowest BCUT2D eigenvalue weighted by molar-refractivity contribution is -0.384. The molecule has 0 aliphatic rings. The normalized spacial score (nSPS) is 10.1. The molecule has 1 aromatic heterocycles. The van der Waals surface area contributed by atoms with Crippen molar-refractivity contribution >= 4 is 11.7 Å². The van der Waals surface area contributed by atoms with Crippen LogP contribution in [0.5, 0.6) is 5.75 Å². The van der Waals surface area contributed by atoms with Gasteiger partial charge in [-0.15, -0.1) is 5.10 Å². The maximum absolute atomic E-state index is 11.1. The fourth-order valence-corrected chi connectivity index (χ4v) is 1.50. The molecule has 1 aromatic carbocycles. The van der Waals surface area contributed by atoms with E-state index in [1.54, 1.807) is 6.20 Å². The summed E-state index contributed by atoms with van der Waals surface area (Å²) in [4.78, 5) is 21.1. The molecule has 0 aliphatic heterocycles. The van der Waals surface area contributed by atoms with Crippen LogP contribution in [0.3, 0.4) is 0 Å². The van der Waals surface area contributed by atoms with Crippen molar-refractivity contribution in [2.24, 2.45) is 0 Å². The van der Waals surface area contributed by atoms with E-state index in [1.165, 1.54) is 36.1 Å². The zero-order chi connectivity index (χ0) is 15.2. The molecule has 0 atom stereocenters. The van der Waals surface area contributed by atoms with Crippen molar-refractivity contribution in [3.05, 3.63) is 46.3 Å². The lowest BCUT2D eigenvalue weighted by atomic mass is 10.3. The standard InChI is InChI=1S/C12H12N4O5/c1-20-12(17)7-15-6-9(13-14-15)8-21-11-4-2-10(3-5-11)16(18)19/h2-6H,7-8H2,1H3. The van der Waals surface area contributed by atoms with Crippen molar-refractivity contribution in [2.45, 2.75) is 13.2 Å². The quantitative estimate of drug-likeness (QED) is 0.442. The predicted molar refractivity (Wildman–Crippen MR) is 69.5 cm³/mol. The minimum absolute atomic E-state index is 0.00799. The van der Waals surface area contributed by atoms with Crippen molar-refractivity contribution in [2.75, 3.05) is 7.11 Å². The van der Waals surface area contributed by atoms with Gasteiger partial charge in [0, 0.05) is 12.1 Å². The summed E-state index contributed by atoms with van der Waals surface area (Å²) in [6.45, 7) is 0.111. The molecule has 21 heavy (non-hydrogen) atoms. The van der Waals surface area contributed by atoms with Crippen molar-refractivity contribution in [1.82, 2.24) is 15.0 Å². The molecule has 1 heterocycles. The molecule has 9 nitrogen and oxygen atoms in total. The average molecular weight is 292 g/mol. The minimum atomic E-state index is -0.484. The Hall–Kier alpha value is -2.97. The van der Waals surface area contributed by atoms with E-state index >= 15 is 0 Å². The summed E-state index contributed by atoms with van der Waals surface area (Å²) < 4.78 is 11.3. The van der Waals surface area contributed by atoms with Crippen molar-refractivity contribution < 1.29 is 19.2 Å². The maximum atomic E-state index is 11.1. The Labute approximate surface area is 119 Å². The second-order valence-electron chi connectivity index (χ2n) is 4.02. The largest absolute Gasteiger partial charge is 0.487 e. The molecule has 0 amide bonds. The summed E-state index contributed by atoms with van der Waals surface area (Å²) in [5.74, 6) is 0.0471. The van der Waals surface area contributed by atoms with Gasteiger partial charge < -0.3 is 9.47 Å². The van der Waals surface area contributed by atoms with Crippen LogP contribution in [0, 0.1) is 10.1 Å². The Morgan fingerprint density at radius 2 is 2.10 bits per heavy atom. The Kier molecular flexibility index (Phi) is 4.44. The van der Waals surface area contributed by atoms with E-state index in [0.717, 1.165) is 0 Å². The van der Waals surface area contributed by atoms with Gasteiger partial charge in [0.05, 0.1) is 18.2 Å². The first-order valence-corrected chi connectivity index (χ1v) is 5.91. The average Bonchev–Trinajstić information content (AvgIpc) is 2.93. The molecule has 0 saturated carbocycles. The number of carbonyl (C=O) groups is 1. The number of hydrogen-bond acceptors (Lipinski definition) is 7. The van der Waals surface area contributed by atoms with Gasteiger partial charge in [-0.25, -0.2) is 4.68 Å². The maximum Gasteiger partial charge on any atom is 0.327 e. The third kappa shape index (κ3) is 4.00. The first-order chi connectivity index (χ1) is 10.1. The topological polar surface area (TPSA) is 109 Å². The van der Waals surface area contributed by atoms with Crippen LogP contribution in [0.1, 0.15) is 5.69 Å². The summed E-state index contributed by atoms with van der Waals surface area (Å²) in [6.07, 6.45) is 1.56. The van der Waals surface area contributed by atoms with Crippen molar-refractivity contribution in [3.8, 4) is 5.75 Å². The number of methoxy groups -OCH3 is 1. The number of hydrogen-bond donors (Lipinski definition) is 0. The van der Waals surface area contributed by atoms with E-state index in [4.69, 9.17) is 4.74 Å². The van der Waals surface area contributed by atoms with E-state index in [1.807, 2.05) is 0 Å². The SMILES string of the molecule is COC(=O)Cn1cc(COc2ccc([N+](=O)[O-])cc2)nn1. The molecule has 0 radical (unpaired) electrons. The number of nitro groups is 1. The summed E-state index contributed by atoms with van der Waals surface area (Å²) in [5, 5.41) is 18.1. The highest BCUT2D eigenvalue weighted by Crippen LogP contribution is 2.18. The number of nitrogens with zero attached hydrogens (tertiary/aromatic N) is 4. The van der Waals surface area contributed by atoms with Gasteiger partial charge in [-0.05, 0) is 12.1 Å². The number of nitro benzene ring substituents is 1. The zero-order valence-electron chi connectivity index (χ0n) is 11.1. The van der Waals surface area contributed by atoms with Gasteiger partial charge in [-0.1, -0.05) is 5.21 Å². The monoisotopic (exact) mass is 292 g/mol. The van der Waals surface area contributed by atoms with E-state index in [2.05, 4.69) is 15.0 Å². The first-order valence-electron chi connectivity index (χ1n) is 5.91. The van der Waals surface area contributed by atoms with Crippen LogP contribution in [0.25, 0.3) is 0 Å². The van der Waals surface area contributed by atoms with E-state index < -0.39 is 10.9 Å². The molecular formula is C12H12N4O5. The number of aromatic nitrogens is 3. The Morgan fingerprint density at radius 1 is 1.38 bits per heavy atom. The number of benzene rings is 1. The lowest BCUT2D eigenvalue weighted by Gasteiger charge is -2.02. The molecule has 0 saturated heterocycles. The Morgan fingerprint density at radius 3 is 2.71 bits per heavy atom. The third-order valence-corrected chi connectivity index (χ3v) is 2.54. The molecule has 0 spiro atoms. The molecule has 2 rings (SSSR count). The van der Waals surface area contributed by atoms with Gasteiger partial charge in [0.1, 0.15) is 24.6 Å². The zero-order valence-corrected chi connectivity index (χ0v) is 11.1. The van der Waals surface area contributed by atoms with Gasteiger partial charge in [0.25, 0.3) is 5.69 Å². The van der Waals surface area contributed by atoms with Crippen LogP contribution in [0.15, 0.2) is 30.5 Å². The number of ether oxygens (including phenoxy) is 2. The highest BCUT2D eigenvalue weighted by atomic mass is 16.6. The van der Waals surface area contributed by atoms with Gasteiger partial charge >= 0.3 is 5.97 Å². The molecule has 2 aromatic rings. The number of esters is 1. The molecule has 9 heteroatoms. The van der Waals surface area contributed by atoms with Gasteiger partial charge in [0.2, 0.25) is 0 Å². The number of rotatable bonds is 6. The van der Waals surface area contributed by atoms with Crippen LogP contribution in [0.2, 0.25) is 0 Å². The summed E-state index contributed by atoms with van der Waals surface area (Å²) in [5.41, 5.74) is 0.517. The smallest absolute Gasteiger partial charge is 0.327 e. The Bertz CT molecular complexity index is 637. The van der Waals surface area contributed by atoms with Crippen molar-refractivity contribution in [3.63, 3.8) is 0 Å². The van der Waals surface area contributed by atoms with E-state index in [-0.39, 0.29) is 18.8 Å². The van der Waals surface area contributed by atoms with Crippen molar-refractivity contribution in [1.29, 1.82) is 0 Å². The van der Waals surface area contributed by atoms with Gasteiger partial charge in [0.15, 0.2) is 0 Å². The van der Waals surface area contributed by atoms with Crippen LogP contribution in [0.4, 0.5) is 5.69 Å².